The lowest BCUT2D eigenvalue weighted by Crippen LogP contribution is -1.91. The van der Waals surface area contributed by atoms with E-state index in [9.17, 15) is 4.57 Å². The molecule has 0 saturated carbocycles. The molecule has 6 nitrogen and oxygen atoms in total. The summed E-state index contributed by atoms with van der Waals surface area (Å²) in [4.78, 5) is 16.7. The summed E-state index contributed by atoms with van der Waals surface area (Å²) < 4.78 is 14.5. The predicted octanol–water partition coefficient (Wildman–Crippen LogP) is 0.190. The Morgan fingerprint density at radius 2 is 2.36 bits per heavy atom. The summed E-state index contributed by atoms with van der Waals surface area (Å²) in [6.45, 7) is 1.62. The number of aromatic amines is 1. The summed E-state index contributed by atoms with van der Waals surface area (Å²) in [6, 6.07) is 0. The van der Waals surface area contributed by atoms with Gasteiger partial charge < -0.3 is 4.52 Å². The van der Waals surface area contributed by atoms with Crippen LogP contribution in [0.5, 0.6) is 5.88 Å². The number of hydrogen-bond acceptors (Lipinski definition) is 3. The molecule has 0 saturated heterocycles. The van der Waals surface area contributed by atoms with Crippen LogP contribution in [0.25, 0.3) is 0 Å². The van der Waals surface area contributed by atoms with Gasteiger partial charge in [-0.15, -0.1) is 5.10 Å². The van der Waals surface area contributed by atoms with Crippen LogP contribution in [0.2, 0.25) is 0 Å². The number of phosphoric ester groups is 1. The number of aromatic nitrogens is 2. The van der Waals surface area contributed by atoms with Gasteiger partial charge in [-0.05, 0) is 6.92 Å². The van der Waals surface area contributed by atoms with Crippen molar-refractivity contribution in [3.8, 4) is 5.88 Å². The molecule has 0 radical (unpaired) electrons. The number of phosphoric acid groups is 1. The Balaban J connectivity index is 2.80. The molecular formula is C4H7N2O4P. The van der Waals surface area contributed by atoms with Gasteiger partial charge >= 0.3 is 7.82 Å². The molecule has 1 heterocycles. The molecule has 11 heavy (non-hydrogen) atoms. The third-order valence-corrected chi connectivity index (χ3v) is 1.40. The molecule has 0 bridgehead atoms. The van der Waals surface area contributed by atoms with Gasteiger partial charge in [-0.1, -0.05) is 0 Å². The predicted molar refractivity (Wildman–Crippen MR) is 36.0 cm³/mol. The van der Waals surface area contributed by atoms with E-state index < -0.39 is 7.82 Å². The highest BCUT2D eigenvalue weighted by molar-refractivity contribution is 7.46. The molecule has 0 aliphatic carbocycles. The van der Waals surface area contributed by atoms with Crippen LogP contribution in [0.15, 0.2) is 6.20 Å². The molecule has 7 heteroatoms. The average Bonchev–Trinajstić information content (AvgIpc) is 2.12. The van der Waals surface area contributed by atoms with Crippen LogP contribution in [0.4, 0.5) is 0 Å². The zero-order chi connectivity index (χ0) is 8.48. The van der Waals surface area contributed by atoms with E-state index >= 15 is 0 Å². The quantitative estimate of drug-likeness (QED) is 0.562. The summed E-state index contributed by atoms with van der Waals surface area (Å²) in [5.74, 6) is -0.0710. The molecule has 1 aromatic heterocycles. The van der Waals surface area contributed by atoms with E-state index in [1.54, 1.807) is 6.92 Å². The minimum Gasteiger partial charge on any atom is -0.384 e. The fourth-order valence-electron chi connectivity index (χ4n) is 0.543. The molecule has 1 rings (SSSR count). The molecule has 0 aromatic carbocycles. The van der Waals surface area contributed by atoms with Gasteiger partial charge in [0.05, 0.1) is 0 Å². The van der Waals surface area contributed by atoms with Crippen LogP contribution >= 0.6 is 7.82 Å². The molecular weight excluding hydrogens is 171 g/mol. The van der Waals surface area contributed by atoms with E-state index in [4.69, 9.17) is 9.79 Å². The average molecular weight is 178 g/mol. The van der Waals surface area contributed by atoms with E-state index in [2.05, 4.69) is 14.7 Å². The molecule has 1 aromatic rings. The lowest BCUT2D eigenvalue weighted by Gasteiger charge is -2.02. The first-order valence-corrected chi connectivity index (χ1v) is 4.27. The highest BCUT2D eigenvalue weighted by atomic mass is 31.2. The molecule has 0 atom stereocenters. The summed E-state index contributed by atoms with van der Waals surface area (Å²) in [5.41, 5.74) is 0.549. The number of H-pyrrole nitrogens is 1. The number of nitrogens with one attached hydrogen (secondary N) is 1. The topological polar surface area (TPSA) is 95.4 Å². The third kappa shape index (κ3) is 2.34. The van der Waals surface area contributed by atoms with Crippen LogP contribution in [-0.4, -0.2) is 20.0 Å². The first-order chi connectivity index (χ1) is 4.99. The van der Waals surface area contributed by atoms with Crippen LogP contribution in [0.1, 0.15) is 5.56 Å². The second-order valence-corrected chi connectivity index (χ2v) is 3.12. The number of aryl methyl sites for hydroxylation is 1. The van der Waals surface area contributed by atoms with E-state index in [1.807, 2.05) is 0 Å². The standard InChI is InChI=1S/C4H7N2O4P/c1-3-2-5-6-4(3)10-11(7,8)9/h2H,1H3,(H,5,6)(H2,7,8,9). The Morgan fingerprint density at radius 1 is 1.73 bits per heavy atom. The van der Waals surface area contributed by atoms with E-state index in [0.717, 1.165) is 0 Å². The molecule has 0 aliphatic heterocycles. The van der Waals surface area contributed by atoms with Crippen molar-refractivity contribution < 1.29 is 18.9 Å². The Morgan fingerprint density at radius 3 is 2.73 bits per heavy atom. The Bertz CT molecular complexity index is 290. The number of rotatable bonds is 2. The highest BCUT2D eigenvalue weighted by Gasteiger charge is 2.18. The van der Waals surface area contributed by atoms with Gasteiger partial charge in [-0.25, -0.2) is 4.57 Å². The van der Waals surface area contributed by atoms with E-state index in [0.29, 0.717) is 5.56 Å². The van der Waals surface area contributed by atoms with Crippen molar-refractivity contribution >= 4 is 7.82 Å². The van der Waals surface area contributed by atoms with Crippen LogP contribution in [0.3, 0.4) is 0 Å². The van der Waals surface area contributed by atoms with Crippen molar-refractivity contribution in [2.24, 2.45) is 0 Å². The zero-order valence-corrected chi connectivity index (χ0v) is 6.58. The van der Waals surface area contributed by atoms with Crippen LogP contribution in [0, 0.1) is 6.92 Å². The maximum Gasteiger partial charge on any atom is 0.526 e. The van der Waals surface area contributed by atoms with Crippen molar-refractivity contribution in [2.45, 2.75) is 6.92 Å². The Kier molecular flexibility index (Phi) is 1.99. The monoisotopic (exact) mass is 178 g/mol. The second-order valence-electron chi connectivity index (χ2n) is 1.96. The number of hydrogen-bond donors (Lipinski definition) is 3. The number of nitrogens with zero attached hydrogens (tertiary/aromatic N) is 1. The highest BCUT2D eigenvalue weighted by Crippen LogP contribution is 2.37. The minimum absolute atomic E-state index is 0.0710. The molecule has 0 spiro atoms. The van der Waals surface area contributed by atoms with Gasteiger partial charge in [0.25, 0.3) is 0 Å². The molecule has 0 amide bonds. The van der Waals surface area contributed by atoms with Crippen LogP contribution in [-0.2, 0) is 4.57 Å². The SMILES string of the molecule is Cc1c[nH]nc1OP(=O)(O)O. The van der Waals surface area contributed by atoms with Crippen molar-refractivity contribution in [3.05, 3.63) is 11.8 Å². The summed E-state index contributed by atoms with van der Waals surface area (Å²) in [5, 5.41) is 5.86. The lowest BCUT2D eigenvalue weighted by atomic mass is 10.4. The molecule has 0 unspecified atom stereocenters. The van der Waals surface area contributed by atoms with Gasteiger partial charge in [-0.3, -0.25) is 14.9 Å². The van der Waals surface area contributed by atoms with E-state index in [-0.39, 0.29) is 5.88 Å². The molecule has 62 valence electrons. The largest absolute Gasteiger partial charge is 0.526 e. The summed E-state index contributed by atoms with van der Waals surface area (Å²) >= 11 is 0. The summed E-state index contributed by atoms with van der Waals surface area (Å²) in [7, 11) is -4.46. The van der Waals surface area contributed by atoms with E-state index in [1.165, 1.54) is 6.20 Å². The zero-order valence-electron chi connectivity index (χ0n) is 5.68. The lowest BCUT2D eigenvalue weighted by molar-refractivity contribution is 0.278. The van der Waals surface area contributed by atoms with Gasteiger partial charge in [-0.2, -0.15) is 0 Å². The minimum atomic E-state index is -4.46. The maximum atomic E-state index is 10.3. The molecule has 3 N–H and O–H groups in total. The van der Waals surface area contributed by atoms with Crippen molar-refractivity contribution in [3.63, 3.8) is 0 Å². The van der Waals surface area contributed by atoms with Gasteiger partial charge in [0, 0.05) is 11.8 Å². The van der Waals surface area contributed by atoms with Crippen LogP contribution < -0.4 is 4.52 Å². The first-order valence-electron chi connectivity index (χ1n) is 2.74. The normalized spacial score (nSPS) is 11.5. The maximum absolute atomic E-state index is 10.3. The Labute approximate surface area is 62.4 Å². The van der Waals surface area contributed by atoms with Crippen molar-refractivity contribution in [1.29, 1.82) is 0 Å². The van der Waals surface area contributed by atoms with Gasteiger partial charge in [0.1, 0.15) is 0 Å². The van der Waals surface area contributed by atoms with Crippen molar-refractivity contribution in [2.75, 3.05) is 0 Å². The second kappa shape index (κ2) is 2.65. The smallest absolute Gasteiger partial charge is 0.384 e. The summed E-state index contributed by atoms with van der Waals surface area (Å²) in [6.07, 6.45) is 1.48. The third-order valence-electron chi connectivity index (χ3n) is 0.990. The van der Waals surface area contributed by atoms with Gasteiger partial charge in [0.15, 0.2) is 0 Å². The Hall–Kier alpha value is -0.840. The molecule has 0 fully saturated rings. The van der Waals surface area contributed by atoms with Gasteiger partial charge in [0.2, 0.25) is 5.88 Å². The first kappa shape index (κ1) is 8.26. The fraction of sp³-hybridized carbons (Fsp3) is 0.250. The fourth-order valence-corrected chi connectivity index (χ4v) is 0.953. The van der Waals surface area contributed by atoms with Crippen molar-refractivity contribution in [1.82, 2.24) is 10.2 Å². The molecule has 0 aliphatic rings.